The Balaban J connectivity index is 2.06. The molecule has 0 heterocycles. The fraction of sp³-hybridized carbons (Fsp3) is 0.556. The summed E-state index contributed by atoms with van der Waals surface area (Å²) < 4.78 is 33.0. The second kappa shape index (κ2) is 7.97. The van der Waals surface area contributed by atoms with E-state index < -0.39 is 10.0 Å². The SMILES string of the molecule is COc1ccc(S(=O)(=O)NCCC2=CCCCC2)cc1C(C)C. The van der Waals surface area contributed by atoms with Crippen LogP contribution in [0.15, 0.2) is 34.7 Å². The van der Waals surface area contributed by atoms with Gasteiger partial charge in [0.05, 0.1) is 12.0 Å². The van der Waals surface area contributed by atoms with Gasteiger partial charge in [-0.1, -0.05) is 25.5 Å². The monoisotopic (exact) mass is 337 g/mol. The van der Waals surface area contributed by atoms with Crippen molar-refractivity contribution in [2.75, 3.05) is 13.7 Å². The van der Waals surface area contributed by atoms with Crippen LogP contribution in [0.2, 0.25) is 0 Å². The van der Waals surface area contributed by atoms with Gasteiger partial charge in [-0.25, -0.2) is 13.1 Å². The fourth-order valence-corrected chi connectivity index (χ4v) is 3.96. The van der Waals surface area contributed by atoms with Crippen LogP contribution in [0.1, 0.15) is 57.4 Å². The minimum Gasteiger partial charge on any atom is -0.496 e. The Morgan fingerprint density at radius 1 is 1.26 bits per heavy atom. The normalized spacial score (nSPS) is 15.6. The van der Waals surface area contributed by atoms with Gasteiger partial charge in [0.15, 0.2) is 0 Å². The Hall–Kier alpha value is -1.33. The standard InChI is InChI=1S/C18H27NO3S/c1-14(2)17-13-16(9-10-18(17)22-3)23(20,21)19-12-11-15-7-5-4-6-8-15/h7,9-10,13-14,19H,4-6,8,11-12H2,1-3H3. The van der Waals surface area contributed by atoms with Gasteiger partial charge in [0.2, 0.25) is 10.0 Å². The van der Waals surface area contributed by atoms with Crippen molar-refractivity contribution in [3.05, 3.63) is 35.4 Å². The number of rotatable bonds is 7. The first-order valence-electron chi connectivity index (χ1n) is 8.29. The Kier molecular flexibility index (Phi) is 6.25. The van der Waals surface area contributed by atoms with E-state index >= 15 is 0 Å². The van der Waals surface area contributed by atoms with Gasteiger partial charge in [0.1, 0.15) is 5.75 Å². The summed E-state index contributed by atoms with van der Waals surface area (Å²) in [6, 6.07) is 5.05. The molecular formula is C18H27NO3S. The van der Waals surface area contributed by atoms with Crippen molar-refractivity contribution in [3.8, 4) is 5.75 Å². The summed E-state index contributed by atoms with van der Waals surface area (Å²) in [6.45, 7) is 4.51. The lowest BCUT2D eigenvalue weighted by Crippen LogP contribution is -2.25. The zero-order valence-corrected chi connectivity index (χ0v) is 15.1. The molecule has 1 aromatic rings. The van der Waals surface area contributed by atoms with Crippen molar-refractivity contribution in [3.63, 3.8) is 0 Å². The van der Waals surface area contributed by atoms with Crippen LogP contribution >= 0.6 is 0 Å². The van der Waals surface area contributed by atoms with E-state index in [0.717, 1.165) is 30.6 Å². The third kappa shape index (κ3) is 4.82. The maximum Gasteiger partial charge on any atom is 0.240 e. The number of hydrogen-bond acceptors (Lipinski definition) is 3. The van der Waals surface area contributed by atoms with Gasteiger partial charge in [-0.3, -0.25) is 0 Å². The summed E-state index contributed by atoms with van der Waals surface area (Å²) in [6.07, 6.45) is 7.74. The lowest BCUT2D eigenvalue weighted by Gasteiger charge is -2.15. The topological polar surface area (TPSA) is 55.4 Å². The number of ether oxygens (including phenoxy) is 1. The molecule has 1 N–H and O–H groups in total. The Morgan fingerprint density at radius 2 is 2.04 bits per heavy atom. The third-order valence-electron chi connectivity index (χ3n) is 4.26. The number of methoxy groups -OCH3 is 1. The second-order valence-electron chi connectivity index (χ2n) is 6.31. The summed E-state index contributed by atoms with van der Waals surface area (Å²) in [4.78, 5) is 0.305. The lowest BCUT2D eigenvalue weighted by molar-refractivity contribution is 0.407. The van der Waals surface area contributed by atoms with Gasteiger partial charge in [-0.2, -0.15) is 0 Å². The lowest BCUT2D eigenvalue weighted by atomic mass is 9.97. The molecule has 2 rings (SSSR count). The number of sulfonamides is 1. The van der Waals surface area contributed by atoms with E-state index in [1.54, 1.807) is 25.3 Å². The van der Waals surface area contributed by atoms with Crippen molar-refractivity contribution in [1.82, 2.24) is 4.72 Å². The third-order valence-corrected chi connectivity index (χ3v) is 5.72. The molecule has 0 unspecified atom stereocenters. The van der Waals surface area contributed by atoms with E-state index in [2.05, 4.69) is 10.8 Å². The van der Waals surface area contributed by atoms with Gasteiger partial charge in [-0.15, -0.1) is 0 Å². The highest BCUT2D eigenvalue weighted by Gasteiger charge is 2.17. The number of benzene rings is 1. The molecule has 0 bridgehead atoms. The summed E-state index contributed by atoms with van der Waals surface area (Å²) in [5, 5.41) is 0. The highest BCUT2D eigenvalue weighted by molar-refractivity contribution is 7.89. The quantitative estimate of drug-likeness (QED) is 0.766. The largest absolute Gasteiger partial charge is 0.496 e. The molecule has 1 aliphatic rings. The summed E-state index contributed by atoms with van der Waals surface area (Å²) in [5.74, 6) is 0.929. The van der Waals surface area contributed by atoms with E-state index in [1.807, 2.05) is 13.8 Å². The van der Waals surface area contributed by atoms with E-state index in [1.165, 1.54) is 18.4 Å². The van der Waals surface area contributed by atoms with Crippen molar-refractivity contribution >= 4 is 10.0 Å². The number of nitrogens with one attached hydrogen (secondary N) is 1. The molecule has 0 amide bonds. The van der Waals surface area contributed by atoms with Crippen LogP contribution < -0.4 is 9.46 Å². The Bertz CT molecular complexity index is 663. The van der Waals surface area contributed by atoms with Crippen molar-refractivity contribution < 1.29 is 13.2 Å². The number of hydrogen-bond donors (Lipinski definition) is 1. The van der Waals surface area contributed by atoms with Gasteiger partial charge in [0.25, 0.3) is 0 Å². The molecule has 1 aromatic carbocycles. The molecule has 0 aliphatic heterocycles. The predicted octanol–water partition coefficient (Wildman–Crippen LogP) is 3.99. The Morgan fingerprint density at radius 3 is 2.65 bits per heavy atom. The van der Waals surface area contributed by atoms with Crippen LogP contribution in [0.25, 0.3) is 0 Å². The van der Waals surface area contributed by atoms with Crippen LogP contribution in [-0.4, -0.2) is 22.1 Å². The smallest absolute Gasteiger partial charge is 0.240 e. The summed E-state index contributed by atoms with van der Waals surface area (Å²) >= 11 is 0. The zero-order chi connectivity index (χ0) is 16.9. The molecule has 23 heavy (non-hydrogen) atoms. The van der Waals surface area contributed by atoms with Crippen LogP contribution in [0.5, 0.6) is 5.75 Å². The maximum atomic E-state index is 12.5. The zero-order valence-electron chi connectivity index (χ0n) is 14.3. The molecular weight excluding hydrogens is 310 g/mol. The highest BCUT2D eigenvalue weighted by Crippen LogP contribution is 2.29. The maximum absolute atomic E-state index is 12.5. The molecule has 128 valence electrons. The Labute approximate surface area is 140 Å². The first-order valence-corrected chi connectivity index (χ1v) is 9.78. The minimum atomic E-state index is -3.47. The van der Waals surface area contributed by atoms with E-state index in [9.17, 15) is 8.42 Å². The van der Waals surface area contributed by atoms with Gasteiger partial charge in [0, 0.05) is 6.54 Å². The van der Waals surface area contributed by atoms with Crippen molar-refractivity contribution in [2.24, 2.45) is 0 Å². The van der Waals surface area contributed by atoms with Crippen LogP contribution in [0.3, 0.4) is 0 Å². The highest BCUT2D eigenvalue weighted by atomic mass is 32.2. The van der Waals surface area contributed by atoms with Crippen LogP contribution in [0, 0.1) is 0 Å². The number of allylic oxidation sites excluding steroid dienone is 1. The summed E-state index contributed by atoms with van der Waals surface area (Å²) in [7, 11) is -1.87. The molecule has 0 aromatic heterocycles. The second-order valence-corrected chi connectivity index (χ2v) is 8.08. The van der Waals surface area contributed by atoms with Crippen molar-refractivity contribution in [2.45, 2.75) is 56.8 Å². The van der Waals surface area contributed by atoms with Gasteiger partial charge >= 0.3 is 0 Å². The van der Waals surface area contributed by atoms with E-state index in [0.29, 0.717) is 11.4 Å². The molecule has 5 heteroatoms. The van der Waals surface area contributed by atoms with E-state index in [-0.39, 0.29) is 5.92 Å². The average Bonchev–Trinajstić information content (AvgIpc) is 2.55. The first-order chi connectivity index (χ1) is 10.9. The van der Waals surface area contributed by atoms with Crippen LogP contribution in [-0.2, 0) is 10.0 Å². The molecule has 0 fully saturated rings. The fourth-order valence-electron chi connectivity index (χ4n) is 2.89. The molecule has 0 radical (unpaired) electrons. The van der Waals surface area contributed by atoms with E-state index in [4.69, 9.17) is 4.74 Å². The first kappa shape index (κ1) is 18.0. The predicted molar refractivity (Wildman–Crippen MR) is 93.4 cm³/mol. The molecule has 0 spiro atoms. The average molecular weight is 337 g/mol. The molecule has 4 nitrogen and oxygen atoms in total. The van der Waals surface area contributed by atoms with Crippen LogP contribution in [0.4, 0.5) is 0 Å². The summed E-state index contributed by atoms with van der Waals surface area (Å²) in [5.41, 5.74) is 2.28. The molecule has 0 saturated carbocycles. The molecule has 0 saturated heterocycles. The van der Waals surface area contributed by atoms with Crippen molar-refractivity contribution in [1.29, 1.82) is 0 Å². The minimum absolute atomic E-state index is 0.201. The van der Waals surface area contributed by atoms with Gasteiger partial charge in [-0.05, 0) is 61.8 Å². The molecule has 1 aliphatic carbocycles. The molecule has 0 atom stereocenters. The van der Waals surface area contributed by atoms with Gasteiger partial charge < -0.3 is 4.74 Å².